The van der Waals surface area contributed by atoms with Crippen LogP contribution in [0.4, 0.5) is 5.69 Å². The molecular weight excluding hydrogens is 314 g/mol. The van der Waals surface area contributed by atoms with Crippen molar-refractivity contribution < 1.29 is 14.0 Å². The summed E-state index contributed by atoms with van der Waals surface area (Å²) in [6.07, 6.45) is 0.691. The van der Waals surface area contributed by atoms with Crippen LogP contribution in [-0.4, -0.2) is 11.7 Å². The Labute approximate surface area is 140 Å². The fourth-order valence-corrected chi connectivity index (χ4v) is 2.90. The topological polar surface area (TPSA) is 59.3 Å². The molecular formula is C18H20ClNO3. The molecule has 0 spiro atoms. The number of rotatable bonds is 5. The van der Waals surface area contributed by atoms with Gasteiger partial charge in [-0.25, -0.2) is 0 Å². The standard InChI is InChI=1S/C18H20ClNO3/c1-10-7-11(2)18(16(19)8-10)20-17(22)6-5-14-9-15(12(3)21)13(4)23-14/h7-9H,5-6H2,1-4H3,(H,20,22). The monoisotopic (exact) mass is 333 g/mol. The van der Waals surface area contributed by atoms with E-state index in [0.29, 0.717) is 34.2 Å². The van der Waals surface area contributed by atoms with E-state index in [9.17, 15) is 9.59 Å². The summed E-state index contributed by atoms with van der Waals surface area (Å²) in [5.41, 5.74) is 3.18. The molecule has 0 aliphatic carbocycles. The molecule has 0 aliphatic rings. The van der Waals surface area contributed by atoms with Crippen LogP contribution in [0, 0.1) is 20.8 Å². The van der Waals surface area contributed by atoms with Gasteiger partial charge in [0.15, 0.2) is 5.78 Å². The van der Waals surface area contributed by atoms with Gasteiger partial charge in [0.05, 0.1) is 16.3 Å². The molecule has 1 N–H and O–H groups in total. The van der Waals surface area contributed by atoms with E-state index in [1.807, 2.05) is 26.0 Å². The number of aryl methyl sites for hydroxylation is 4. The van der Waals surface area contributed by atoms with Gasteiger partial charge in [-0.15, -0.1) is 0 Å². The average molecular weight is 334 g/mol. The smallest absolute Gasteiger partial charge is 0.224 e. The van der Waals surface area contributed by atoms with Crippen LogP contribution in [0.25, 0.3) is 0 Å². The van der Waals surface area contributed by atoms with E-state index in [4.69, 9.17) is 16.0 Å². The van der Waals surface area contributed by atoms with Crippen LogP contribution in [0.1, 0.15) is 46.3 Å². The van der Waals surface area contributed by atoms with Crippen molar-refractivity contribution in [1.82, 2.24) is 0 Å². The third-order valence-corrected chi connectivity index (χ3v) is 3.94. The summed E-state index contributed by atoms with van der Waals surface area (Å²) in [6, 6.07) is 5.49. The second-order valence-corrected chi connectivity index (χ2v) is 6.13. The van der Waals surface area contributed by atoms with Crippen LogP contribution < -0.4 is 5.32 Å². The van der Waals surface area contributed by atoms with E-state index in [1.54, 1.807) is 13.0 Å². The Balaban J connectivity index is 2.01. The summed E-state index contributed by atoms with van der Waals surface area (Å²) in [4.78, 5) is 23.5. The minimum Gasteiger partial charge on any atom is -0.466 e. The number of benzene rings is 1. The summed E-state index contributed by atoms with van der Waals surface area (Å²) in [7, 11) is 0. The molecule has 23 heavy (non-hydrogen) atoms. The molecule has 1 aromatic carbocycles. The first kappa shape index (κ1) is 17.3. The molecule has 1 aromatic heterocycles. The number of ketones is 1. The summed E-state index contributed by atoms with van der Waals surface area (Å²) >= 11 is 6.18. The summed E-state index contributed by atoms with van der Waals surface area (Å²) in [5.74, 6) is 1.04. The Bertz CT molecular complexity index is 739. The first-order valence-corrected chi connectivity index (χ1v) is 7.82. The highest BCUT2D eigenvalue weighted by atomic mass is 35.5. The molecule has 0 aliphatic heterocycles. The molecule has 1 amide bonds. The number of anilines is 1. The Morgan fingerprint density at radius 2 is 1.87 bits per heavy atom. The molecule has 0 radical (unpaired) electrons. The van der Waals surface area contributed by atoms with Crippen LogP contribution >= 0.6 is 11.6 Å². The molecule has 2 rings (SSSR count). The molecule has 0 bridgehead atoms. The van der Waals surface area contributed by atoms with Crippen LogP contribution in [0.15, 0.2) is 22.6 Å². The van der Waals surface area contributed by atoms with Crippen molar-refractivity contribution in [3.8, 4) is 0 Å². The normalized spacial score (nSPS) is 10.7. The van der Waals surface area contributed by atoms with Crippen molar-refractivity contribution in [1.29, 1.82) is 0 Å². The zero-order chi connectivity index (χ0) is 17.1. The predicted molar refractivity (Wildman–Crippen MR) is 91.3 cm³/mol. The van der Waals surface area contributed by atoms with Crippen LogP contribution in [0.3, 0.4) is 0 Å². The van der Waals surface area contributed by atoms with Gasteiger partial charge in [0, 0.05) is 12.8 Å². The van der Waals surface area contributed by atoms with E-state index >= 15 is 0 Å². The quantitative estimate of drug-likeness (QED) is 0.811. The Morgan fingerprint density at radius 3 is 2.43 bits per heavy atom. The van der Waals surface area contributed by atoms with E-state index in [0.717, 1.165) is 11.1 Å². The van der Waals surface area contributed by atoms with Gasteiger partial charge < -0.3 is 9.73 Å². The Kier molecular flexibility index (Phi) is 5.26. The highest BCUT2D eigenvalue weighted by Gasteiger charge is 2.14. The van der Waals surface area contributed by atoms with Crippen molar-refractivity contribution in [2.45, 2.75) is 40.5 Å². The molecule has 1 heterocycles. The SMILES string of the molecule is CC(=O)c1cc(CCC(=O)Nc2c(C)cc(C)cc2Cl)oc1C. The molecule has 4 nitrogen and oxygen atoms in total. The van der Waals surface area contributed by atoms with Gasteiger partial charge >= 0.3 is 0 Å². The van der Waals surface area contributed by atoms with Gasteiger partial charge in [-0.1, -0.05) is 17.7 Å². The molecule has 0 atom stereocenters. The number of amides is 1. The van der Waals surface area contributed by atoms with E-state index in [2.05, 4.69) is 5.32 Å². The predicted octanol–water partition coefficient (Wildman–Crippen LogP) is 4.63. The minimum atomic E-state index is -0.141. The van der Waals surface area contributed by atoms with Gasteiger partial charge in [-0.05, 0) is 51.0 Å². The number of Topliss-reactive ketones (excluding diaryl/α,β-unsaturated/α-hetero) is 1. The molecule has 0 saturated heterocycles. The largest absolute Gasteiger partial charge is 0.466 e. The number of hydrogen-bond donors (Lipinski definition) is 1. The third-order valence-electron chi connectivity index (χ3n) is 3.64. The summed E-state index contributed by atoms with van der Waals surface area (Å²) in [5, 5.41) is 3.37. The molecule has 122 valence electrons. The van der Waals surface area contributed by atoms with E-state index < -0.39 is 0 Å². The van der Waals surface area contributed by atoms with Gasteiger partial charge in [0.25, 0.3) is 0 Å². The van der Waals surface area contributed by atoms with Crippen molar-refractivity contribution in [2.24, 2.45) is 0 Å². The lowest BCUT2D eigenvalue weighted by molar-refractivity contribution is -0.116. The third kappa shape index (κ3) is 4.23. The van der Waals surface area contributed by atoms with Gasteiger partial charge in [-0.3, -0.25) is 9.59 Å². The molecule has 0 unspecified atom stereocenters. The van der Waals surface area contributed by atoms with Gasteiger partial charge in [0.2, 0.25) is 5.91 Å². The maximum atomic E-state index is 12.1. The Hall–Kier alpha value is -2.07. The maximum Gasteiger partial charge on any atom is 0.224 e. The number of carbonyl (C=O) groups is 2. The highest BCUT2D eigenvalue weighted by Crippen LogP contribution is 2.27. The minimum absolute atomic E-state index is 0.0380. The van der Waals surface area contributed by atoms with Gasteiger partial charge in [0.1, 0.15) is 11.5 Å². The summed E-state index contributed by atoms with van der Waals surface area (Å²) in [6.45, 7) is 7.10. The molecule has 0 fully saturated rings. The highest BCUT2D eigenvalue weighted by molar-refractivity contribution is 6.34. The van der Waals surface area contributed by atoms with Gasteiger partial charge in [-0.2, -0.15) is 0 Å². The van der Waals surface area contributed by atoms with Crippen molar-refractivity contribution in [3.05, 3.63) is 51.4 Å². The second kappa shape index (κ2) is 7.01. The number of furan rings is 1. The number of hydrogen-bond acceptors (Lipinski definition) is 3. The second-order valence-electron chi connectivity index (χ2n) is 5.73. The Morgan fingerprint density at radius 1 is 1.17 bits per heavy atom. The zero-order valence-corrected chi connectivity index (χ0v) is 14.5. The van der Waals surface area contributed by atoms with Crippen molar-refractivity contribution in [2.75, 3.05) is 5.32 Å². The average Bonchev–Trinajstić information content (AvgIpc) is 2.82. The number of nitrogens with one attached hydrogen (secondary N) is 1. The van der Waals surface area contributed by atoms with Crippen LogP contribution in [-0.2, 0) is 11.2 Å². The number of halogens is 1. The first-order valence-electron chi connectivity index (χ1n) is 7.44. The maximum absolute atomic E-state index is 12.1. The molecule has 2 aromatic rings. The van der Waals surface area contributed by atoms with Crippen LogP contribution in [0.2, 0.25) is 5.02 Å². The molecule has 0 saturated carbocycles. The lowest BCUT2D eigenvalue weighted by atomic mass is 10.1. The number of carbonyl (C=O) groups excluding carboxylic acids is 2. The lowest BCUT2D eigenvalue weighted by Gasteiger charge is -2.11. The van der Waals surface area contributed by atoms with E-state index in [-0.39, 0.29) is 18.1 Å². The summed E-state index contributed by atoms with van der Waals surface area (Å²) < 4.78 is 5.51. The van der Waals surface area contributed by atoms with Crippen LogP contribution in [0.5, 0.6) is 0 Å². The lowest BCUT2D eigenvalue weighted by Crippen LogP contribution is -2.13. The fraction of sp³-hybridized carbons (Fsp3) is 0.333. The van der Waals surface area contributed by atoms with Crippen molar-refractivity contribution >= 4 is 29.0 Å². The molecule has 5 heteroatoms. The van der Waals surface area contributed by atoms with E-state index in [1.165, 1.54) is 6.92 Å². The zero-order valence-electron chi connectivity index (χ0n) is 13.7. The fourth-order valence-electron chi connectivity index (χ4n) is 2.53. The first-order chi connectivity index (χ1) is 10.8. The van der Waals surface area contributed by atoms with Crippen molar-refractivity contribution in [3.63, 3.8) is 0 Å².